The molecular weight excluding hydrogens is 266 g/mol. The molecule has 0 radical (unpaired) electrons. The number of ether oxygens (including phenoxy) is 1. The van der Waals surface area contributed by atoms with Gasteiger partial charge in [-0.3, -0.25) is 0 Å². The van der Waals surface area contributed by atoms with Crippen LogP contribution in [-0.2, 0) is 17.6 Å². The van der Waals surface area contributed by atoms with Crippen LogP contribution >= 0.6 is 0 Å². The summed E-state index contributed by atoms with van der Waals surface area (Å²) in [6.07, 6.45) is -1.42. The SMILES string of the molecule is [2H]c1c(C[C@]2([2H])N([2H])C(=O)OC2([2H])[2H])c([2H])c2c(CCN(C([2H])([2H])[2H])C([2H])([2H])[2H])cn([2H])c2c1[2H]. The predicted octanol–water partition coefficient (Wildman–Crippen LogP) is 1.92. The molecule has 5 heteroatoms. The summed E-state index contributed by atoms with van der Waals surface area (Å²) in [7, 11) is 0. The quantitative estimate of drug-likeness (QED) is 0.887. The second-order valence-corrected chi connectivity index (χ2v) is 4.47. The molecule has 1 atom stereocenters. The van der Waals surface area contributed by atoms with Crippen molar-refractivity contribution in [2.45, 2.75) is 18.9 Å². The zero-order chi connectivity index (χ0) is 26.9. The Morgan fingerprint density at radius 3 is 3.33 bits per heavy atom. The van der Waals surface area contributed by atoms with Gasteiger partial charge in [-0.2, -0.15) is 0 Å². The zero-order valence-corrected chi connectivity index (χ0v) is 10.9. The van der Waals surface area contributed by atoms with Crippen molar-refractivity contribution >= 4 is 17.0 Å². The summed E-state index contributed by atoms with van der Waals surface area (Å²) in [5.74, 6) is 0. The highest BCUT2D eigenvalue weighted by atomic mass is 16.6. The molecule has 5 nitrogen and oxygen atoms in total. The summed E-state index contributed by atoms with van der Waals surface area (Å²) in [5.41, 5.74) is -0.443. The number of alkyl carbamates (subject to hydrolysis) is 1. The van der Waals surface area contributed by atoms with Crippen LogP contribution in [0.1, 0.15) is 27.6 Å². The highest BCUT2D eigenvalue weighted by Gasteiger charge is 2.22. The molecule has 1 aromatic carbocycles. The summed E-state index contributed by atoms with van der Waals surface area (Å²) < 4.78 is 114. The fourth-order valence-corrected chi connectivity index (χ4v) is 1.99. The summed E-state index contributed by atoms with van der Waals surface area (Å²) in [5, 5.41) is -0.140. The maximum absolute atomic E-state index is 11.7. The number of carbonyl (C=O) groups excluding carboxylic acids is 1. The monoisotopic (exact) mass is 301 g/mol. The van der Waals surface area contributed by atoms with Crippen LogP contribution in [0.4, 0.5) is 4.79 Å². The molecule has 0 bridgehead atoms. The van der Waals surface area contributed by atoms with E-state index in [0.29, 0.717) is 9.88 Å². The largest absolute Gasteiger partial charge is 0.447 e. The lowest BCUT2D eigenvalue weighted by Crippen LogP contribution is -2.28. The Kier molecular flexibility index (Phi) is 1.38. The maximum atomic E-state index is 11.7. The van der Waals surface area contributed by atoms with E-state index in [-0.39, 0.29) is 33.8 Å². The lowest BCUT2D eigenvalue weighted by molar-refractivity contribution is 0.177. The molecule has 2 N–H and O–H groups in total. The topological polar surface area (TPSA) is 57.4 Å². The van der Waals surface area contributed by atoms with Gasteiger partial charge in [-0.15, -0.1) is 0 Å². The van der Waals surface area contributed by atoms with Crippen LogP contribution in [0.2, 0.25) is 2.82 Å². The third kappa shape index (κ3) is 3.19. The Bertz CT molecular complexity index is 1160. The molecule has 0 spiro atoms. The standard InChI is InChI=1S/C16H21N3O2/c1-19(2)6-5-12-9-17-15-4-3-11(8-14(12)15)7-13-10-21-16(20)18-13/h3-4,8-9,13,17H,5-7,10H2,1-2H3,(H,18,20)/t13-/m0/s1/i1D3,2D3,3D,4D,8D,10D2,13D/hD2. The van der Waals surface area contributed by atoms with Gasteiger partial charge in [-0.05, 0) is 50.0 Å². The number of amides is 1. The molecule has 0 saturated carbocycles. The van der Waals surface area contributed by atoms with Crippen molar-refractivity contribution < 1.29 is 28.8 Å². The van der Waals surface area contributed by atoms with E-state index in [2.05, 4.69) is 4.74 Å². The number of likely N-dealkylation sites (N-methyl/N-ethyl adjacent to an activating group) is 1. The molecule has 1 fully saturated rings. The van der Waals surface area contributed by atoms with Crippen LogP contribution in [0, 0.1) is 0 Å². The number of aromatic amines is 1. The molecule has 3 rings (SSSR count). The second-order valence-electron chi connectivity index (χ2n) is 4.47. The zero-order valence-electron chi connectivity index (χ0n) is 24.9. The maximum Gasteiger partial charge on any atom is 0.407 e. The number of nitrogens with one attached hydrogen (secondary N) is 2. The van der Waals surface area contributed by atoms with Gasteiger partial charge in [0.2, 0.25) is 0 Å². The van der Waals surface area contributed by atoms with E-state index in [0.717, 1.165) is 6.20 Å². The smallest absolute Gasteiger partial charge is 0.407 e. The molecule has 0 unspecified atom stereocenters. The number of hydrogen-bond acceptors (Lipinski definition) is 3. The summed E-state index contributed by atoms with van der Waals surface area (Å²) in [4.78, 5) is 12.7. The number of benzene rings is 1. The molecule has 112 valence electrons. The average molecular weight is 301 g/mol. The number of hydrogen-bond donors (Lipinski definition) is 2. The molecule has 1 aromatic heterocycles. The van der Waals surface area contributed by atoms with Gasteiger partial charge in [-0.25, -0.2) is 4.79 Å². The lowest BCUT2D eigenvalue weighted by atomic mass is 10.0. The van der Waals surface area contributed by atoms with Crippen molar-refractivity contribution in [2.24, 2.45) is 0 Å². The molecule has 1 saturated heterocycles. The molecule has 1 aliphatic rings. The fourth-order valence-electron chi connectivity index (χ4n) is 1.99. The molecular formula is C16H21N3O2. The van der Waals surface area contributed by atoms with Gasteiger partial charge < -0.3 is 19.9 Å². The highest BCUT2D eigenvalue weighted by Crippen LogP contribution is 2.21. The van der Waals surface area contributed by atoms with Crippen LogP contribution in [0.5, 0.6) is 0 Å². The average Bonchev–Trinajstić information content (AvgIpc) is 3.09. The first kappa shape index (κ1) is 5.02. The van der Waals surface area contributed by atoms with E-state index < -0.39 is 63.7 Å². The number of aromatic nitrogens is 1. The van der Waals surface area contributed by atoms with E-state index in [1.165, 1.54) is 0 Å². The van der Waals surface area contributed by atoms with Gasteiger partial charge in [0.25, 0.3) is 0 Å². The van der Waals surface area contributed by atoms with E-state index in [4.69, 9.17) is 19.3 Å². The number of carbonyl (C=O) groups is 1. The lowest BCUT2D eigenvalue weighted by Gasteiger charge is -2.09. The van der Waals surface area contributed by atoms with Gasteiger partial charge in [0.05, 0.1) is 14.2 Å². The number of fused-ring (bicyclic) bond motifs is 1. The molecule has 1 amide bonds. The van der Waals surface area contributed by atoms with Gasteiger partial charge in [-0.1, -0.05) is 6.04 Å². The number of H-pyrrole nitrogens is 1. The Hall–Kier alpha value is -2.01. The van der Waals surface area contributed by atoms with E-state index in [1.54, 1.807) is 0 Å². The minimum Gasteiger partial charge on any atom is -0.447 e. The minimum absolute atomic E-state index is 0.0548. The minimum atomic E-state index is -2.98. The normalized spacial score (nSPS) is 35.5. The fraction of sp³-hybridized carbons (Fsp3) is 0.438. The summed E-state index contributed by atoms with van der Waals surface area (Å²) in [6.45, 7) is -9.44. The molecule has 1 aliphatic heterocycles. The van der Waals surface area contributed by atoms with Crippen molar-refractivity contribution in [1.82, 2.24) is 15.2 Å². The van der Waals surface area contributed by atoms with Crippen molar-refractivity contribution in [3.8, 4) is 0 Å². The molecule has 2 heterocycles. The second kappa shape index (κ2) is 5.77. The first-order valence-electron chi connectivity index (χ1n) is 13.0. The Balaban J connectivity index is 2.13. The summed E-state index contributed by atoms with van der Waals surface area (Å²) in [6, 6.07) is -4.37. The van der Waals surface area contributed by atoms with Crippen molar-refractivity contribution in [3.05, 3.63) is 35.5 Å². The van der Waals surface area contributed by atoms with Crippen LogP contribution in [-0.4, -0.2) is 49.0 Å². The number of nitrogens with zero attached hydrogens (tertiary/aromatic N) is 1. The van der Waals surface area contributed by atoms with Crippen LogP contribution in [0.3, 0.4) is 0 Å². The van der Waals surface area contributed by atoms with Gasteiger partial charge in [0, 0.05) is 31.9 Å². The van der Waals surface area contributed by atoms with E-state index >= 15 is 0 Å². The molecule has 2 aromatic rings. The van der Waals surface area contributed by atoms with Crippen LogP contribution in [0.15, 0.2) is 24.3 Å². The highest BCUT2D eigenvalue weighted by molar-refractivity contribution is 5.84. The van der Waals surface area contributed by atoms with Crippen molar-refractivity contribution in [1.29, 1.82) is 0 Å². The van der Waals surface area contributed by atoms with Gasteiger partial charge in [0.15, 0.2) is 2.82 Å². The van der Waals surface area contributed by atoms with Gasteiger partial charge >= 0.3 is 6.09 Å². The Morgan fingerprint density at radius 2 is 2.57 bits per heavy atom. The predicted molar refractivity (Wildman–Crippen MR) is 82.5 cm³/mol. The Morgan fingerprint density at radius 1 is 1.67 bits per heavy atom. The Labute approximate surface area is 144 Å². The number of rotatable bonds is 5. The first-order chi connectivity index (χ1) is 15.7. The van der Waals surface area contributed by atoms with Crippen LogP contribution < -0.4 is 5.31 Å². The molecule has 0 aliphatic carbocycles. The third-order valence-corrected chi connectivity index (χ3v) is 2.95. The van der Waals surface area contributed by atoms with Crippen molar-refractivity contribution in [3.63, 3.8) is 0 Å². The summed E-state index contributed by atoms with van der Waals surface area (Å²) >= 11 is 0. The van der Waals surface area contributed by atoms with Crippen molar-refractivity contribution in [2.75, 3.05) is 27.1 Å². The van der Waals surface area contributed by atoms with Crippen LogP contribution in [0.25, 0.3) is 10.9 Å². The number of cyclic esters (lactones) is 1. The first-order valence-corrected chi connectivity index (χ1v) is 6.15. The van der Waals surface area contributed by atoms with Gasteiger partial charge in [0.1, 0.15) is 6.56 Å². The molecule has 21 heavy (non-hydrogen) atoms. The van der Waals surface area contributed by atoms with E-state index in [1.807, 2.05) is 0 Å². The van der Waals surface area contributed by atoms with E-state index in [9.17, 15) is 4.79 Å². The third-order valence-electron chi connectivity index (χ3n) is 2.95.